The van der Waals surface area contributed by atoms with Crippen molar-refractivity contribution < 1.29 is 14.4 Å². The van der Waals surface area contributed by atoms with Gasteiger partial charge in [-0.2, -0.15) is 0 Å². The third-order valence-electron chi connectivity index (χ3n) is 2.54. The zero-order valence-electron chi connectivity index (χ0n) is 10.5. The number of hydrogen-bond donors (Lipinski definition) is 4. The quantitative estimate of drug-likeness (QED) is 0.375. The third kappa shape index (κ3) is 3.90. The first-order valence-corrected chi connectivity index (χ1v) is 6.04. The molecular weight excluding hydrogens is 264 g/mol. The first-order valence-electron chi connectivity index (χ1n) is 6.04. The minimum absolute atomic E-state index is 0.0839. The summed E-state index contributed by atoms with van der Waals surface area (Å²) in [5, 5.41) is 9.97. The van der Waals surface area contributed by atoms with Gasteiger partial charge in [0.2, 0.25) is 11.9 Å². The molecule has 4 amide bonds. The monoisotopic (exact) mass is 278 g/mol. The fourth-order valence-electron chi connectivity index (χ4n) is 1.63. The topological polar surface area (TPSA) is 125 Å². The van der Waals surface area contributed by atoms with Gasteiger partial charge in [0.25, 0.3) is 5.91 Å². The molecule has 0 aliphatic carbocycles. The minimum Gasteiger partial charge on any atom is -0.354 e. The largest absolute Gasteiger partial charge is 0.354 e. The zero-order valence-corrected chi connectivity index (χ0v) is 10.5. The summed E-state index contributed by atoms with van der Waals surface area (Å²) in [6.07, 6.45) is 3.13. The number of urea groups is 1. The zero-order chi connectivity index (χ0) is 14.4. The molecule has 0 bridgehead atoms. The van der Waals surface area contributed by atoms with E-state index < -0.39 is 18.0 Å². The Morgan fingerprint density at radius 3 is 2.65 bits per heavy atom. The van der Waals surface area contributed by atoms with Crippen LogP contribution in [-0.4, -0.2) is 46.9 Å². The number of rotatable bonds is 6. The Hall–Kier alpha value is -2.71. The summed E-state index contributed by atoms with van der Waals surface area (Å²) in [6, 6.07) is 0.331. The lowest BCUT2D eigenvalue weighted by atomic mass is 10.2. The van der Waals surface area contributed by atoms with Crippen LogP contribution >= 0.6 is 0 Å². The molecule has 9 heteroatoms. The molecule has 1 aliphatic heterocycles. The van der Waals surface area contributed by atoms with E-state index in [0.717, 1.165) is 0 Å². The van der Waals surface area contributed by atoms with Crippen molar-refractivity contribution in [1.82, 2.24) is 25.9 Å². The first kappa shape index (κ1) is 13.7. The van der Waals surface area contributed by atoms with Crippen LogP contribution < -0.4 is 21.3 Å². The predicted molar refractivity (Wildman–Crippen MR) is 68.6 cm³/mol. The molecule has 0 aromatic carbocycles. The van der Waals surface area contributed by atoms with Crippen LogP contribution in [0.25, 0.3) is 0 Å². The summed E-state index contributed by atoms with van der Waals surface area (Å²) in [5.74, 6) is -0.326. The van der Waals surface area contributed by atoms with Crippen LogP contribution in [0.15, 0.2) is 18.5 Å². The van der Waals surface area contributed by atoms with E-state index in [0.29, 0.717) is 19.0 Å². The predicted octanol–water partition coefficient (Wildman–Crippen LogP) is -1.40. The Bertz CT molecular complexity index is 506. The Morgan fingerprint density at radius 1 is 1.25 bits per heavy atom. The fourth-order valence-corrected chi connectivity index (χ4v) is 1.63. The van der Waals surface area contributed by atoms with E-state index in [1.165, 1.54) is 0 Å². The van der Waals surface area contributed by atoms with Gasteiger partial charge >= 0.3 is 6.03 Å². The molecule has 0 radical (unpaired) electrons. The maximum Gasteiger partial charge on any atom is 0.322 e. The van der Waals surface area contributed by atoms with Gasteiger partial charge in [-0.25, -0.2) is 14.8 Å². The van der Waals surface area contributed by atoms with Gasteiger partial charge in [0.1, 0.15) is 6.04 Å². The lowest BCUT2D eigenvalue weighted by molar-refractivity contribution is -0.126. The molecule has 4 N–H and O–H groups in total. The average Bonchev–Trinajstić information content (AvgIpc) is 2.74. The molecule has 1 aromatic heterocycles. The summed E-state index contributed by atoms with van der Waals surface area (Å²) in [6.45, 7) is 0.818. The van der Waals surface area contributed by atoms with Crippen molar-refractivity contribution in [2.24, 2.45) is 0 Å². The maximum atomic E-state index is 11.6. The first-order chi connectivity index (χ1) is 9.65. The second-order valence-electron chi connectivity index (χ2n) is 4.07. The van der Waals surface area contributed by atoms with Crippen LogP contribution in [0.4, 0.5) is 10.7 Å². The van der Waals surface area contributed by atoms with E-state index in [4.69, 9.17) is 0 Å². The van der Waals surface area contributed by atoms with E-state index in [1.54, 1.807) is 18.5 Å². The van der Waals surface area contributed by atoms with Crippen LogP contribution in [0.3, 0.4) is 0 Å². The van der Waals surface area contributed by atoms with E-state index in [2.05, 4.69) is 31.2 Å². The Kier molecular flexibility index (Phi) is 4.43. The summed E-state index contributed by atoms with van der Waals surface area (Å²) in [4.78, 5) is 41.6. The Labute approximate surface area is 114 Å². The number of hydrogen-bond acceptors (Lipinski definition) is 6. The Balaban J connectivity index is 1.63. The highest BCUT2D eigenvalue weighted by Crippen LogP contribution is 1.98. The molecule has 1 aromatic rings. The number of anilines is 1. The van der Waals surface area contributed by atoms with Gasteiger partial charge in [-0.05, 0) is 6.07 Å². The summed E-state index contributed by atoms with van der Waals surface area (Å²) >= 11 is 0. The van der Waals surface area contributed by atoms with Gasteiger partial charge in [-0.15, -0.1) is 0 Å². The van der Waals surface area contributed by atoms with Gasteiger partial charge in [0, 0.05) is 25.5 Å². The number of carbonyl (C=O) groups excluding carboxylic acids is 3. The molecule has 2 heterocycles. The van der Waals surface area contributed by atoms with Crippen LogP contribution in [0.1, 0.15) is 6.42 Å². The van der Waals surface area contributed by atoms with Crippen LogP contribution in [0, 0.1) is 0 Å². The molecule has 0 unspecified atom stereocenters. The lowest BCUT2D eigenvalue weighted by Crippen LogP contribution is -2.37. The highest BCUT2D eigenvalue weighted by Gasteiger charge is 2.30. The van der Waals surface area contributed by atoms with Gasteiger partial charge < -0.3 is 16.0 Å². The summed E-state index contributed by atoms with van der Waals surface area (Å²) in [7, 11) is 0. The molecule has 1 fully saturated rings. The second-order valence-corrected chi connectivity index (χ2v) is 4.07. The smallest absolute Gasteiger partial charge is 0.322 e. The number of carbonyl (C=O) groups is 3. The maximum absolute atomic E-state index is 11.6. The van der Waals surface area contributed by atoms with Crippen LogP contribution in [-0.2, 0) is 9.59 Å². The van der Waals surface area contributed by atoms with Gasteiger partial charge in [0.05, 0.1) is 6.42 Å². The molecular formula is C11H14N6O3. The second kappa shape index (κ2) is 6.45. The van der Waals surface area contributed by atoms with Crippen LogP contribution in [0.2, 0.25) is 0 Å². The van der Waals surface area contributed by atoms with E-state index in [9.17, 15) is 14.4 Å². The highest BCUT2D eigenvalue weighted by atomic mass is 16.2. The number of nitrogens with zero attached hydrogens (tertiary/aromatic N) is 2. The van der Waals surface area contributed by atoms with Gasteiger partial charge in [0.15, 0.2) is 0 Å². The molecule has 0 spiro atoms. The third-order valence-corrected chi connectivity index (χ3v) is 2.54. The number of amides is 4. The molecule has 20 heavy (non-hydrogen) atoms. The van der Waals surface area contributed by atoms with Crippen LogP contribution in [0.5, 0.6) is 0 Å². The van der Waals surface area contributed by atoms with E-state index >= 15 is 0 Å². The highest BCUT2D eigenvalue weighted by molar-refractivity contribution is 6.05. The van der Waals surface area contributed by atoms with Crippen molar-refractivity contribution in [2.45, 2.75) is 12.5 Å². The van der Waals surface area contributed by atoms with Crippen molar-refractivity contribution in [2.75, 3.05) is 18.4 Å². The van der Waals surface area contributed by atoms with Crippen molar-refractivity contribution in [3.05, 3.63) is 18.5 Å². The summed E-state index contributed by atoms with van der Waals surface area (Å²) in [5.41, 5.74) is 0. The lowest BCUT2D eigenvalue weighted by Gasteiger charge is -2.09. The molecule has 0 saturated carbocycles. The standard InChI is InChI=1S/C11H14N6O3/c18-8(6-7-9(19)17-11(20)16-7)12-4-5-15-10-13-2-1-3-14-10/h1-3,7H,4-6H2,(H,12,18)(H,13,14,15)(H2,16,17,19,20)/t7-/m1/s1. The van der Waals surface area contributed by atoms with Gasteiger partial charge in [-0.1, -0.05) is 0 Å². The van der Waals surface area contributed by atoms with Crippen molar-refractivity contribution in [3.8, 4) is 0 Å². The normalized spacial score (nSPS) is 17.3. The summed E-state index contributed by atoms with van der Waals surface area (Å²) < 4.78 is 0. The Morgan fingerprint density at radius 2 is 2.00 bits per heavy atom. The molecule has 1 atom stereocenters. The molecule has 2 rings (SSSR count). The van der Waals surface area contributed by atoms with Crippen molar-refractivity contribution in [1.29, 1.82) is 0 Å². The molecule has 9 nitrogen and oxygen atoms in total. The van der Waals surface area contributed by atoms with Crippen molar-refractivity contribution >= 4 is 23.8 Å². The van der Waals surface area contributed by atoms with Crippen molar-refractivity contribution in [3.63, 3.8) is 0 Å². The number of nitrogens with one attached hydrogen (secondary N) is 4. The number of aromatic nitrogens is 2. The number of imide groups is 1. The fraction of sp³-hybridized carbons (Fsp3) is 0.364. The molecule has 106 valence electrons. The molecule has 1 aliphatic rings. The van der Waals surface area contributed by atoms with E-state index in [1.807, 2.05) is 0 Å². The average molecular weight is 278 g/mol. The molecule has 1 saturated heterocycles. The minimum atomic E-state index is -0.798. The van der Waals surface area contributed by atoms with Gasteiger partial charge in [-0.3, -0.25) is 14.9 Å². The van der Waals surface area contributed by atoms with E-state index in [-0.39, 0.29) is 12.3 Å². The SMILES string of the molecule is O=C(C[C@H]1NC(=O)NC1=O)NCCNc1ncccn1.